The maximum absolute atomic E-state index is 12.9. The lowest BCUT2D eigenvalue weighted by Crippen LogP contribution is -2.43. The summed E-state index contributed by atoms with van der Waals surface area (Å²) in [5.41, 5.74) is 3.48. The van der Waals surface area contributed by atoms with E-state index in [9.17, 15) is 13.2 Å². The minimum atomic E-state index is -3.52. The third-order valence-electron chi connectivity index (χ3n) is 5.77. The summed E-state index contributed by atoms with van der Waals surface area (Å²) in [4.78, 5) is 14.1. The highest BCUT2D eigenvalue weighted by Crippen LogP contribution is 2.26. The molecule has 5 nitrogen and oxygen atoms in total. The Morgan fingerprint density at radius 3 is 2.30 bits per heavy atom. The molecule has 0 aliphatic carbocycles. The topological polar surface area (TPSA) is 66.5 Å². The second kappa shape index (κ2) is 9.54. The maximum atomic E-state index is 12.9. The zero-order valence-electron chi connectivity index (χ0n) is 18.0. The Hall–Kier alpha value is -1.83. The summed E-state index contributed by atoms with van der Waals surface area (Å²) >= 11 is 1.58. The molecular formula is C23H30N2O3S2. The average Bonchev–Trinajstić information content (AvgIpc) is 2.73. The average molecular weight is 447 g/mol. The van der Waals surface area contributed by atoms with Crippen LogP contribution >= 0.6 is 11.8 Å². The molecule has 1 unspecified atom stereocenters. The van der Waals surface area contributed by atoms with E-state index in [1.807, 2.05) is 25.3 Å². The lowest BCUT2D eigenvalue weighted by atomic mass is 9.95. The van der Waals surface area contributed by atoms with Crippen LogP contribution < -0.4 is 5.32 Å². The molecule has 30 heavy (non-hydrogen) atoms. The molecule has 0 spiro atoms. The van der Waals surface area contributed by atoms with Gasteiger partial charge in [0.25, 0.3) is 0 Å². The van der Waals surface area contributed by atoms with Gasteiger partial charge in [-0.15, -0.1) is 11.8 Å². The van der Waals surface area contributed by atoms with Gasteiger partial charge in [0.15, 0.2) is 0 Å². The molecule has 1 fully saturated rings. The smallest absolute Gasteiger partial charge is 0.243 e. The number of benzene rings is 2. The molecule has 0 bridgehead atoms. The third kappa shape index (κ3) is 5.07. The van der Waals surface area contributed by atoms with Gasteiger partial charge in [-0.3, -0.25) is 4.79 Å². The van der Waals surface area contributed by atoms with Crippen LogP contribution in [0.25, 0.3) is 0 Å². The second-order valence-electron chi connectivity index (χ2n) is 7.94. The number of sulfonamides is 1. The molecule has 1 saturated heterocycles. The maximum Gasteiger partial charge on any atom is 0.243 e. The number of aryl methyl sites for hydroxylation is 2. The van der Waals surface area contributed by atoms with E-state index < -0.39 is 10.0 Å². The van der Waals surface area contributed by atoms with Crippen LogP contribution in [-0.4, -0.2) is 38.0 Å². The van der Waals surface area contributed by atoms with Crippen molar-refractivity contribution < 1.29 is 13.2 Å². The molecule has 2 aromatic carbocycles. The summed E-state index contributed by atoms with van der Waals surface area (Å²) < 4.78 is 27.3. The highest BCUT2D eigenvalue weighted by Gasteiger charge is 2.32. The number of thioether (sulfide) groups is 1. The van der Waals surface area contributed by atoms with Gasteiger partial charge in [-0.05, 0) is 75.3 Å². The van der Waals surface area contributed by atoms with E-state index in [4.69, 9.17) is 0 Å². The number of hydrogen-bond acceptors (Lipinski definition) is 4. The Labute approximate surface area is 184 Å². The van der Waals surface area contributed by atoms with Crippen molar-refractivity contribution in [3.8, 4) is 0 Å². The number of rotatable bonds is 6. The van der Waals surface area contributed by atoms with Crippen LogP contribution in [0.15, 0.2) is 52.3 Å². The normalized spacial score (nSPS) is 16.9. The predicted molar refractivity (Wildman–Crippen MR) is 122 cm³/mol. The van der Waals surface area contributed by atoms with Crippen molar-refractivity contribution in [2.24, 2.45) is 5.92 Å². The lowest BCUT2D eigenvalue weighted by Gasteiger charge is -2.31. The number of amides is 1. The van der Waals surface area contributed by atoms with E-state index in [0.717, 1.165) is 16.0 Å². The predicted octanol–water partition coefficient (Wildman–Crippen LogP) is 4.30. The Bertz CT molecular complexity index is 996. The number of hydrogen-bond donors (Lipinski definition) is 1. The first-order valence-corrected chi connectivity index (χ1v) is 12.9. The third-order valence-corrected chi connectivity index (χ3v) is 8.43. The van der Waals surface area contributed by atoms with Gasteiger partial charge < -0.3 is 5.32 Å². The summed E-state index contributed by atoms with van der Waals surface area (Å²) in [6.07, 6.45) is 3.03. The van der Waals surface area contributed by atoms with Crippen molar-refractivity contribution in [3.05, 3.63) is 59.2 Å². The van der Waals surface area contributed by atoms with Crippen LogP contribution in [0, 0.1) is 19.8 Å². The Kier molecular flexibility index (Phi) is 7.26. The van der Waals surface area contributed by atoms with Crippen LogP contribution in [0.4, 0.5) is 0 Å². The standard InChI is InChI=1S/C23H30N2O3S2/c1-16-5-10-22(17(2)15-16)18(3)24-23(26)19-11-13-25(14-12-19)30(27,28)21-8-6-20(29-4)7-9-21/h5-10,15,18-19H,11-14H2,1-4H3,(H,24,26). The van der Waals surface area contributed by atoms with Crippen LogP contribution in [0.2, 0.25) is 0 Å². The first-order chi connectivity index (χ1) is 14.2. The van der Waals surface area contributed by atoms with Crippen molar-refractivity contribution in [3.63, 3.8) is 0 Å². The van der Waals surface area contributed by atoms with Gasteiger partial charge in [-0.1, -0.05) is 23.8 Å². The summed E-state index contributed by atoms with van der Waals surface area (Å²) in [6.45, 7) is 6.83. The lowest BCUT2D eigenvalue weighted by molar-refractivity contribution is -0.126. The van der Waals surface area contributed by atoms with E-state index in [2.05, 4.69) is 37.4 Å². The molecule has 1 heterocycles. The van der Waals surface area contributed by atoms with Gasteiger partial charge in [0.1, 0.15) is 0 Å². The molecule has 2 aromatic rings. The number of carbonyl (C=O) groups excluding carboxylic acids is 1. The highest BCUT2D eigenvalue weighted by molar-refractivity contribution is 7.98. The molecule has 1 aliphatic rings. The first-order valence-electron chi connectivity index (χ1n) is 10.2. The van der Waals surface area contributed by atoms with Crippen LogP contribution in [0.1, 0.15) is 42.5 Å². The van der Waals surface area contributed by atoms with Gasteiger partial charge in [0, 0.05) is 23.9 Å². The molecule has 0 aromatic heterocycles. The highest BCUT2D eigenvalue weighted by atomic mass is 32.2. The summed E-state index contributed by atoms with van der Waals surface area (Å²) in [5.74, 6) is -0.160. The van der Waals surface area contributed by atoms with Crippen molar-refractivity contribution in [2.45, 2.75) is 49.4 Å². The van der Waals surface area contributed by atoms with Gasteiger partial charge >= 0.3 is 0 Å². The fourth-order valence-electron chi connectivity index (χ4n) is 3.98. The van der Waals surface area contributed by atoms with Crippen molar-refractivity contribution in [1.82, 2.24) is 9.62 Å². The minimum absolute atomic E-state index is 0.00356. The first kappa shape index (κ1) is 22.8. The Morgan fingerprint density at radius 1 is 1.10 bits per heavy atom. The second-order valence-corrected chi connectivity index (χ2v) is 10.8. The van der Waals surface area contributed by atoms with Crippen LogP contribution in [0.5, 0.6) is 0 Å². The largest absolute Gasteiger partial charge is 0.349 e. The van der Waals surface area contributed by atoms with Gasteiger partial charge in [0.2, 0.25) is 15.9 Å². The molecular weight excluding hydrogens is 416 g/mol. The zero-order valence-corrected chi connectivity index (χ0v) is 19.6. The fraction of sp³-hybridized carbons (Fsp3) is 0.435. The van der Waals surface area contributed by atoms with Crippen LogP contribution in [0.3, 0.4) is 0 Å². The van der Waals surface area contributed by atoms with E-state index in [-0.39, 0.29) is 17.9 Å². The van der Waals surface area contributed by atoms with Gasteiger partial charge in [-0.25, -0.2) is 8.42 Å². The van der Waals surface area contributed by atoms with Gasteiger partial charge in [0.05, 0.1) is 10.9 Å². The fourth-order valence-corrected chi connectivity index (χ4v) is 5.85. The molecule has 1 atom stereocenters. The number of nitrogens with zero attached hydrogens (tertiary/aromatic N) is 1. The molecule has 1 aliphatic heterocycles. The molecule has 7 heteroatoms. The van der Waals surface area contributed by atoms with Crippen molar-refractivity contribution in [2.75, 3.05) is 19.3 Å². The quantitative estimate of drug-likeness (QED) is 0.672. The number of piperidine rings is 1. The summed E-state index contributed by atoms with van der Waals surface area (Å²) in [6, 6.07) is 13.1. The Balaban J connectivity index is 1.59. The SMILES string of the molecule is CSc1ccc(S(=O)(=O)N2CCC(C(=O)NC(C)c3ccc(C)cc3C)CC2)cc1. The number of carbonyl (C=O) groups is 1. The van der Waals surface area contributed by atoms with E-state index in [1.54, 1.807) is 23.9 Å². The van der Waals surface area contributed by atoms with Gasteiger partial charge in [-0.2, -0.15) is 4.31 Å². The molecule has 0 radical (unpaired) electrons. The van der Waals surface area contributed by atoms with Crippen molar-refractivity contribution >= 4 is 27.7 Å². The van der Waals surface area contributed by atoms with E-state index in [0.29, 0.717) is 30.8 Å². The minimum Gasteiger partial charge on any atom is -0.349 e. The summed E-state index contributed by atoms with van der Waals surface area (Å²) in [5, 5.41) is 3.11. The molecule has 162 valence electrons. The van der Waals surface area contributed by atoms with Crippen LogP contribution in [-0.2, 0) is 14.8 Å². The van der Waals surface area contributed by atoms with E-state index in [1.165, 1.54) is 9.87 Å². The molecule has 1 N–H and O–H groups in total. The zero-order chi connectivity index (χ0) is 21.9. The number of nitrogens with one attached hydrogen (secondary N) is 1. The molecule has 3 rings (SSSR count). The molecule has 0 saturated carbocycles. The van der Waals surface area contributed by atoms with E-state index >= 15 is 0 Å². The Morgan fingerprint density at radius 2 is 1.73 bits per heavy atom. The van der Waals surface area contributed by atoms with Crippen molar-refractivity contribution in [1.29, 1.82) is 0 Å². The molecule has 1 amide bonds. The monoisotopic (exact) mass is 446 g/mol. The summed E-state index contributed by atoms with van der Waals surface area (Å²) in [7, 11) is -3.52.